The second kappa shape index (κ2) is 4.37. The summed E-state index contributed by atoms with van der Waals surface area (Å²) >= 11 is 0. The molecule has 0 saturated heterocycles. The van der Waals surface area contributed by atoms with Gasteiger partial charge in [0.1, 0.15) is 6.29 Å². The van der Waals surface area contributed by atoms with E-state index in [2.05, 4.69) is 11.9 Å². The van der Waals surface area contributed by atoms with Crippen molar-refractivity contribution in [2.75, 3.05) is 5.32 Å². The molecular weight excluding hydrogens is 178 g/mol. The van der Waals surface area contributed by atoms with Crippen molar-refractivity contribution in [2.45, 2.75) is 6.92 Å². The molecule has 1 N–H and O–H groups in total. The van der Waals surface area contributed by atoms with Gasteiger partial charge in [-0.15, -0.1) is 0 Å². The summed E-state index contributed by atoms with van der Waals surface area (Å²) in [6.45, 7) is 5.15. The summed E-state index contributed by atoms with van der Waals surface area (Å²) < 4.78 is 0. The third kappa shape index (κ3) is 2.55. The molecule has 0 aliphatic rings. The number of benzene rings is 1. The minimum Gasteiger partial charge on any atom is -0.322 e. The van der Waals surface area contributed by atoms with Gasteiger partial charge in [0.05, 0.1) is 0 Å². The largest absolute Gasteiger partial charge is 0.322 e. The molecule has 0 spiro atoms. The van der Waals surface area contributed by atoms with Gasteiger partial charge in [0.2, 0.25) is 0 Å². The first kappa shape index (κ1) is 10.2. The molecule has 72 valence electrons. The summed E-state index contributed by atoms with van der Waals surface area (Å²) in [6.07, 6.45) is 0.754. The van der Waals surface area contributed by atoms with E-state index in [0.29, 0.717) is 16.8 Å². The summed E-state index contributed by atoms with van der Waals surface area (Å²) in [7, 11) is 0. The van der Waals surface area contributed by atoms with Crippen LogP contribution in [-0.2, 0) is 4.79 Å². The van der Waals surface area contributed by atoms with Crippen molar-refractivity contribution < 1.29 is 9.59 Å². The monoisotopic (exact) mass is 189 g/mol. The summed E-state index contributed by atoms with van der Waals surface area (Å²) in [5, 5.41) is 2.64. The van der Waals surface area contributed by atoms with E-state index in [1.807, 2.05) is 0 Å². The highest BCUT2D eigenvalue weighted by atomic mass is 16.1. The predicted molar refractivity (Wildman–Crippen MR) is 55.3 cm³/mol. The molecule has 0 aliphatic heterocycles. The Morgan fingerprint density at radius 1 is 1.36 bits per heavy atom. The first-order chi connectivity index (χ1) is 6.63. The van der Waals surface area contributed by atoms with Gasteiger partial charge in [-0.05, 0) is 31.2 Å². The lowest BCUT2D eigenvalue weighted by molar-refractivity contribution is -0.112. The fourth-order valence-corrected chi connectivity index (χ4v) is 0.883. The van der Waals surface area contributed by atoms with Gasteiger partial charge in [-0.2, -0.15) is 0 Å². The second-order valence-electron chi connectivity index (χ2n) is 2.97. The number of anilines is 1. The zero-order valence-corrected chi connectivity index (χ0v) is 7.91. The van der Waals surface area contributed by atoms with Crippen LogP contribution in [0, 0.1) is 0 Å². The summed E-state index contributed by atoms with van der Waals surface area (Å²) in [4.78, 5) is 21.5. The lowest BCUT2D eigenvalue weighted by atomic mass is 10.2. The molecule has 3 nitrogen and oxygen atoms in total. The van der Waals surface area contributed by atoms with Crippen LogP contribution in [-0.4, -0.2) is 12.2 Å². The van der Waals surface area contributed by atoms with E-state index in [1.165, 1.54) is 0 Å². The number of aldehydes is 1. The van der Waals surface area contributed by atoms with Crippen LogP contribution in [0.4, 0.5) is 5.69 Å². The van der Waals surface area contributed by atoms with Crippen molar-refractivity contribution in [3.63, 3.8) is 0 Å². The van der Waals surface area contributed by atoms with Crippen molar-refractivity contribution in [1.82, 2.24) is 0 Å². The highest BCUT2D eigenvalue weighted by Gasteiger charge is 2.01. The van der Waals surface area contributed by atoms with Gasteiger partial charge >= 0.3 is 0 Å². The summed E-state index contributed by atoms with van der Waals surface area (Å²) in [6, 6.07) is 6.62. The van der Waals surface area contributed by atoms with Crippen LogP contribution in [0.25, 0.3) is 0 Å². The molecule has 14 heavy (non-hydrogen) atoms. The maximum atomic E-state index is 11.2. The molecule has 1 amide bonds. The third-order valence-corrected chi connectivity index (χ3v) is 1.69. The van der Waals surface area contributed by atoms with E-state index in [0.717, 1.165) is 6.29 Å². The smallest absolute Gasteiger partial charge is 0.250 e. The Hall–Kier alpha value is -1.90. The fraction of sp³-hybridized carbons (Fsp3) is 0.0909. The lowest BCUT2D eigenvalue weighted by Gasteiger charge is -2.03. The van der Waals surface area contributed by atoms with Crippen molar-refractivity contribution in [3.8, 4) is 0 Å². The Balaban J connectivity index is 2.73. The summed E-state index contributed by atoms with van der Waals surface area (Å²) in [5.41, 5.74) is 1.69. The van der Waals surface area contributed by atoms with Gasteiger partial charge in [-0.1, -0.05) is 6.58 Å². The number of amides is 1. The number of carbonyl (C=O) groups excluding carboxylic acids is 2. The van der Waals surface area contributed by atoms with Crippen LogP contribution in [0.1, 0.15) is 17.3 Å². The molecule has 1 aromatic carbocycles. The minimum atomic E-state index is -0.219. The quantitative estimate of drug-likeness (QED) is 0.584. The molecule has 0 fully saturated rings. The Bertz CT molecular complexity index is 365. The third-order valence-electron chi connectivity index (χ3n) is 1.69. The van der Waals surface area contributed by atoms with Crippen molar-refractivity contribution in [2.24, 2.45) is 0 Å². The SMILES string of the molecule is C=C(C)C(=O)Nc1ccc(C=O)cc1. The Morgan fingerprint density at radius 2 is 1.93 bits per heavy atom. The van der Waals surface area contributed by atoms with E-state index in [9.17, 15) is 9.59 Å². The molecule has 3 heteroatoms. The van der Waals surface area contributed by atoms with E-state index >= 15 is 0 Å². The molecule has 0 aromatic heterocycles. The number of carbonyl (C=O) groups is 2. The molecule has 1 rings (SSSR count). The topological polar surface area (TPSA) is 46.2 Å². The molecule has 0 atom stereocenters. The van der Waals surface area contributed by atoms with Gasteiger partial charge in [-0.25, -0.2) is 0 Å². The van der Waals surface area contributed by atoms with Gasteiger partial charge in [0, 0.05) is 16.8 Å². The number of hydrogen-bond acceptors (Lipinski definition) is 2. The molecule has 0 aliphatic carbocycles. The second-order valence-corrected chi connectivity index (χ2v) is 2.97. The molecule has 0 saturated carbocycles. The maximum Gasteiger partial charge on any atom is 0.250 e. The number of rotatable bonds is 3. The maximum absolute atomic E-state index is 11.2. The van der Waals surface area contributed by atoms with Gasteiger partial charge in [0.25, 0.3) is 5.91 Å². The van der Waals surface area contributed by atoms with E-state index < -0.39 is 0 Å². The van der Waals surface area contributed by atoms with E-state index in [1.54, 1.807) is 31.2 Å². The van der Waals surface area contributed by atoms with Crippen LogP contribution in [0.5, 0.6) is 0 Å². The molecule has 1 aromatic rings. The zero-order valence-electron chi connectivity index (χ0n) is 7.91. The van der Waals surface area contributed by atoms with Crippen molar-refractivity contribution in [1.29, 1.82) is 0 Å². The average Bonchev–Trinajstić information content (AvgIpc) is 2.19. The molecule has 0 heterocycles. The Labute approximate surface area is 82.4 Å². The first-order valence-corrected chi connectivity index (χ1v) is 4.15. The summed E-state index contributed by atoms with van der Waals surface area (Å²) in [5.74, 6) is -0.219. The predicted octanol–water partition coefficient (Wildman–Crippen LogP) is 2.01. The van der Waals surface area contributed by atoms with Crippen molar-refractivity contribution >= 4 is 17.9 Å². The normalized spacial score (nSPS) is 9.21. The van der Waals surface area contributed by atoms with Gasteiger partial charge in [0.15, 0.2) is 0 Å². The molecular formula is C11H11NO2. The van der Waals surface area contributed by atoms with E-state index in [4.69, 9.17) is 0 Å². The van der Waals surface area contributed by atoms with Crippen LogP contribution >= 0.6 is 0 Å². The van der Waals surface area contributed by atoms with Crippen LogP contribution in [0.15, 0.2) is 36.4 Å². The van der Waals surface area contributed by atoms with Crippen LogP contribution in [0.2, 0.25) is 0 Å². The van der Waals surface area contributed by atoms with Crippen LogP contribution < -0.4 is 5.32 Å². The molecule has 0 radical (unpaired) electrons. The van der Waals surface area contributed by atoms with Crippen molar-refractivity contribution in [3.05, 3.63) is 42.0 Å². The zero-order chi connectivity index (χ0) is 10.6. The number of nitrogens with one attached hydrogen (secondary N) is 1. The van der Waals surface area contributed by atoms with Crippen LogP contribution in [0.3, 0.4) is 0 Å². The Morgan fingerprint density at radius 3 is 2.36 bits per heavy atom. The fourth-order valence-electron chi connectivity index (χ4n) is 0.883. The van der Waals surface area contributed by atoms with Gasteiger partial charge < -0.3 is 5.32 Å². The molecule has 0 bridgehead atoms. The molecule has 0 unspecified atom stereocenters. The number of hydrogen-bond donors (Lipinski definition) is 1. The standard InChI is InChI=1S/C11H11NO2/c1-8(2)11(14)12-10-5-3-9(7-13)4-6-10/h3-7H,1H2,2H3,(H,12,14). The van der Waals surface area contributed by atoms with E-state index in [-0.39, 0.29) is 5.91 Å². The highest BCUT2D eigenvalue weighted by Crippen LogP contribution is 2.08. The minimum absolute atomic E-state index is 0.219. The van der Waals surface area contributed by atoms with Gasteiger partial charge in [-0.3, -0.25) is 9.59 Å². The Kier molecular flexibility index (Phi) is 3.18. The highest BCUT2D eigenvalue weighted by molar-refractivity contribution is 6.02. The lowest BCUT2D eigenvalue weighted by Crippen LogP contribution is -2.11. The average molecular weight is 189 g/mol. The first-order valence-electron chi connectivity index (χ1n) is 4.15.